The van der Waals surface area contributed by atoms with Crippen LogP contribution in [0.1, 0.15) is 0 Å². The maximum atomic E-state index is 5.25. The predicted molar refractivity (Wildman–Crippen MR) is 59.4 cm³/mol. The van der Waals surface area contributed by atoms with E-state index in [2.05, 4.69) is 16.3 Å². The molecule has 6 heteroatoms. The fourth-order valence-electron chi connectivity index (χ4n) is 1.12. The molecule has 0 atom stereocenters. The smallest absolute Gasteiger partial charge is 0.0812 e. The lowest BCUT2D eigenvalue weighted by molar-refractivity contribution is 0.730. The molecule has 1 aliphatic rings. The van der Waals surface area contributed by atoms with Gasteiger partial charge in [-0.1, -0.05) is 0 Å². The van der Waals surface area contributed by atoms with Crippen molar-refractivity contribution in [2.45, 2.75) is 0 Å². The van der Waals surface area contributed by atoms with Gasteiger partial charge >= 0.3 is 0 Å². The number of anilines is 2. The van der Waals surface area contributed by atoms with E-state index in [4.69, 9.17) is 5.84 Å². The Bertz CT molecular complexity index is 302. The molecular weight excluding hydrogens is 202 g/mol. The lowest BCUT2D eigenvalue weighted by Crippen LogP contribution is -2.37. The van der Waals surface area contributed by atoms with Gasteiger partial charge in [-0.25, -0.2) is 0 Å². The first-order valence-electron chi connectivity index (χ1n) is 3.94. The second kappa shape index (κ2) is 4.59. The van der Waals surface area contributed by atoms with Gasteiger partial charge in [-0.3, -0.25) is 16.7 Å². The average molecular weight is 214 g/mol. The van der Waals surface area contributed by atoms with Gasteiger partial charge in [0.25, 0.3) is 0 Å². The van der Waals surface area contributed by atoms with Crippen molar-refractivity contribution in [3.63, 3.8) is 0 Å². The Kier molecular flexibility index (Phi) is 3.44. The Morgan fingerprint density at radius 1 is 1.07 bits per heavy atom. The highest BCUT2D eigenvalue weighted by atomic mass is 35.5. The number of halogens is 1. The number of nitrogens with one attached hydrogen (secondary N) is 3. The maximum absolute atomic E-state index is 5.25. The Morgan fingerprint density at radius 2 is 1.64 bits per heavy atom. The van der Waals surface area contributed by atoms with Crippen LogP contribution >= 0.6 is 12.4 Å². The first-order chi connectivity index (χ1) is 6.40. The number of hydrogen-bond acceptors (Lipinski definition) is 5. The van der Waals surface area contributed by atoms with Gasteiger partial charge in [0.1, 0.15) is 0 Å². The van der Waals surface area contributed by atoms with Crippen LogP contribution in [0.15, 0.2) is 36.7 Å². The quantitative estimate of drug-likeness (QED) is 0.430. The number of hydrogen-bond donors (Lipinski definition) is 4. The minimum absolute atomic E-state index is 0. The largest absolute Gasteiger partial charge is 0.324 e. The van der Waals surface area contributed by atoms with E-state index in [1.54, 1.807) is 5.12 Å². The lowest BCUT2D eigenvalue weighted by Gasteiger charge is -2.18. The summed E-state index contributed by atoms with van der Waals surface area (Å²) in [7, 11) is 0. The summed E-state index contributed by atoms with van der Waals surface area (Å²) in [5.41, 5.74) is 10.5. The molecule has 0 radical (unpaired) electrons. The van der Waals surface area contributed by atoms with Gasteiger partial charge in [-0.2, -0.15) is 5.12 Å². The molecule has 0 saturated heterocycles. The van der Waals surface area contributed by atoms with Gasteiger partial charge in [-0.15, -0.1) is 12.4 Å². The summed E-state index contributed by atoms with van der Waals surface area (Å²) < 4.78 is 0. The standard InChI is InChI=1S/C8H11N5.ClH/c9-12-7-1-3-8(4-2-7)13-10-5-6-11-13;/h1-6,10-12H,9H2;1H. The van der Waals surface area contributed by atoms with Gasteiger partial charge < -0.3 is 5.43 Å². The first-order valence-corrected chi connectivity index (χ1v) is 3.94. The summed E-state index contributed by atoms with van der Waals surface area (Å²) in [6.45, 7) is 0. The van der Waals surface area contributed by atoms with Crippen LogP contribution in [0.2, 0.25) is 0 Å². The lowest BCUT2D eigenvalue weighted by atomic mass is 10.3. The molecule has 1 aliphatic heterocycles. The third kappa shape index (κ3) is 2.01. The number of rotatable bonds is 2. The van der Waals surface area contributed by atoms with E-state index in [1.807, 2.05) is 36.7 Å². The van der Waals surface area contributed by atoms with Crippen molar-refractivity contribution >= 4 is 23.8 Å². The third-order valence-electron chi connectivity index (χ3n) is 1.78. The van der Waals surface area contributed by atoms with Crippen LogP contribution in [-0.4, -0.2) is 0 Å². The molecule has 1 heterocycles. The number of benzene rings is 1. The first kappa shape index (κ1) is 10.5. The second-order valence-corrected chi connectivity index (χ2v) is 2.62. The number of nitrogens with zero attached hydrogens (tertiary/aromatic N) is 1. The molecule has 0 aliphatic carbocycles. The van der Waals surface area contributed by atoms with Crippen molar-refractivity contribution in [2.75, 3.05) is 10.5 Å². The Hall–Kier alpha value is -1.59. The minimum Gasteiger partial charge on any atom is -0.324 e. The SMILES string of the molecule is Cl.NNc1ccc(N2NC=CN2)cc1. The summed E-state index contributed by atoms with van der Waals surface area (Å²) in [6, 6.07) is 7.69. The summed E-state index contributed by atoms with van der Waals surface area (Å²) in [5, 5.41) is 1.79. The summed E-state index contributed by atoms with van der Waals surface area (Å²) in [6.07, 6.45) is 3.63. The maximum Gasteiger partial charge on any atom is 0.0812 e. The van der Waals surface area contributed by atoms with Crippen molar-refractivity contribution in [3.05, 3.63) is 36.7 Å². The van der Waals surface area contributed by atoms with Crippen molar-refractivity contribution < 1.29 is 0 Å². The highest BCUT2D eigenvalue weighted by Gasteiger charge is 2.04. The molecule has 0 fully saturated rings. The zero-order chi connectivity index (χ0) is 9.10. The van der Waals surface area contributed by atoms with E-state index in [0.717, 1.165) is 11.4 Å². The molecule has 0 spiro atoms. The monoisotopic (exact) mass is 213 g/mol. The second-order valence-electron chi connectivity index (χ2n) is 2.62. The van der Waals surface area contributed by atoms with Crippen LogP contribution in [0.4, 0.5) is 11.4 Å². The minimum atomic E-state index is 0. The van der Waals surface area contributed by atoms with E-state index in [9.17, 15) is 0 Å². The predicted octanol–water partition coefficient (Wildman–Crippen LogP) is 0.694. The van der Waals surface area contributed by atoms with Gasteiger partial charge in [0.15, 0.2) is 0 Å². The highest BCUT2D eigenvalue weighted by molar-refractivity contribution is 5.85. The number of hydrazine groups is 3. The molecule has 0 bridgehead atoms. The van der Waals surface area contributed by atoms with E-state index in [-0.39, 0.29) is 12.4 Å². The Labute approximate surface area is 88.3 Å². The normalized spacial score (nSPS) is 12.8. The molecule has 0 amide bonds. The molecule has 1 aromatic rings. The molecule has 76 valence electrons. The Morgan fingerprint density at radius 3 is 2.14 bits per heavy atom. The van der Waals surface area contributed by atoms with E-state index < -0.39 is 0 Å². The van der Waals surface area contributed by atoms with Crippen molar-refractivity contribution in [2.24, 2.45) is 5.84 Å². The molecule has 1 aromatic carbocycles. The third-order valence-corrected chi connectivity index (χ3v) is 1.78. The fourth-order valence-corrected chi connectivity index (χ4v) is 1.12. The van der Waals surface area contributed by atoms with Crippen molar-refractivity contribution in [3.8, 4) is 0 Å². The van der Waals surface area contributed by atoms with Gasteiger partial charge in [-0.05, 0) is 24.3 Å². The van der Waals surface area contributed by atoms with Crippen LogP contribution < -0.4 is 27.2 Å². The topological polar surface area (TPSA) is 65.3 Å². The molecule has 0 unspecified atom stereocenters. The van der Waals surface area contributed by atoms with Crippen molar-refractivity contribution in [1.82, 2.24) is 10.9 Å². The zero-order valence-electron chi connectivity index (χ0n) is 7.40. The molecular formula is C8H12ClN5. The zero-order valence-corrected chi connectivity index (χ0v) is 8.21. The van der Waals surface area contributed by atoms with Crippen LogP contribution in [0.25, 0.3) is 0 Å². The Balaban J connectivity index is 0.000000980. The van der Waals surface area contributed by atoms with Gasteiger partial charge in [0.05, 0.1) is 5.69 Å². The summed E-state index contributed by atoms with van der Waals surface area (Å²) in [5.74, 6) is 5.25. The van der Waals surface area contributed by atoms with Gasteiger partial charge in [0, 0.05) is 18.1 Å². The number of nitrogen functional groups attached to an aromatic ring is 1. The van der Waals surface area contributed by atoms with Crippen LogP contribution in [0, 0.1) is 0 Å². The van der Waals surface area contributed by atoms with Crippen LogP contribution in [0.5, 0.6) is 0 Å². The molecule has 5 N–H and O–H groups in total. The molecule has 5 nitrogen and oxygen atoms in total. The molecule has 0 saturated carbocycles. The van der Waals surface area contributed by atoms with Crippen LogP contribution in [0.3, 0.4) is 0 Å². The molecule has 2 rings (SSSR count). The van der Waals surface area contributed by atoms with E-state index >= 15 is 0 Å². The van der Waals surface area contributed by atoms with Crippen molar-refractivity contribution in [1.29, 1.82) is 0 Å². The average Bonchev–Trinajstić information content (AvgIpc) is 2.71. The van der Waals surface area contributed by atoms with E-state index in [0.29, 0.717) is 0 Å². The highest BCUT2D eigenvalue weighted by Crippen LogP contribution is 2.15. The van der Waals surface area contributed by atoms with E-state index in [1.165, 1.54) is 0 Å². The van der Waals surface area contributed by atoms with Crippen LogP contribution in [-0.2, 0) is 0 Å². The van der Waals surface area contributed by atoms with Gasteiger partial charge in [0.2, 0.25) is 0 Å². The molecule has 14 heavy (non-hydrogen) atoms. The molecule has 0 aromatic heterocycles. The summed E-state index contributed by atoms with van der Waals surface area (Å²) in [4.78, 5) is 0. The number of nitrogens with two attached hydrogens (primary N) is 1. The fraction of sp³-hybridized carbons (Fsp3) is 0. The summed E-state index contributed by atoms with van der Waals surface area (Å²) >= 11 is 0.